The molecule has 0 aromatic heterocycles. The van der Waals surface area contributed by atoms with Crippen LogP contribution in [-0.2, 0) is 5.60 Å². The van der Waals surface area contributed by atoms with Gasteiger partial charge in [-0.3, -0.25) is 0 Å². The third-order valence-electron chi connectivity index (χ3n) is 3.16. The zero-order valence-electron chi connectivity index (χ0n) is 10.0. The molecule has 0 amide bonds. The van der Waals surface area contributed by atoms with Crippen molar-refractivity contribution in [3.8, 4) is 0 Å². The summed E-state index contributed by atoms with van der Waals surface area (Å²) in [6, 6.07) is 12.5. The average molecular weight is 248 g/mol. The van der Waals surface area contributed by atoms with E-state index < -0.39 is 17.2 Å². The highest BCUT2D eigenvalue weighted by atomic mass is 19.2. The van der Waals surface area contributed by atoms with E-state index in [-0.39, 0.29) is 0 Å². The van der Waals surface area contributed by atoms with Gasteiger partial charge in [0.1, 0.15) is 5.60 Å². The number of benzene rings is 2. The number of aliphatic hydroxyl groups is 1. The van der Waals surface area contributed by atoms with Gasteiger partial charge in [0, 0.05) is 0 Å². The molecule has 0 radical (unpaired) electrons. The standard InChI is InChI=1S/C15H14F2O/c1-2-15(18,11-6-4-3-5-7-11)12-8-9-13(16)14(17)10-12/h3-10,18H,2H2,1H3. The molecule has 0 heterocycles. The maximum atomic E-state index is 13.3. The molecule has 0 aliphatic carbocycles. The highest BCUT2D eigenvalue weighted by molar-refractivity contribution is 5.36. The predicted octanol–water partition coefficient (Wildman–Crippen LogP) is 3.61. The van der Waals surface area contributed by atoms with Gasteiger partial charge in [-0.25, -0.2) is 8.78 Å². The number of hydrogen-bond acceptors (Lipinski definition) is 1. The molecule has 1 atom stereocenters. The van der Waals surface area contributed by atoms with Gasteiger partial charge >= 0.3 is 0 Å². The van der Waals surface area contributed by atoms with Crippen molar-refractivity contribution in [3.05, 3.63) is 71.3 Å². The summed E-state index contributed by atoms with van der Waals surface area (Å²) < 4.78 is 26.2. The van der Waals surface area contributed by atoms with Crippen LogP contribution >= 0.6 is 0 Å². The largest absolute Gasteiger partial charge is 0.380 e. The molecule has 3 heteroatoms. The third-order valence-corrected chi connectivity index (χ3v) is 3.16. The van der Waals surface area contributed by atoms with Crippen LogP contribution in [0.15, 0.2) is 48.5 Å². The molecular formula is C15H14F2O. The minimum atomic E-state index is -1.30. The number of hydrogen-bond donors (Lipinski definition) is 1. The molecule has 0 saturated heterocycles. The van der Waals surface area contributed by atoms with E-state index in [0.717, 1.165) is 12.1 Å². The fourth-order valence-electron chi connectivity index (χ4n) is 2.04. The zero-order valence-corrected chi connectivity index (χ0v) is 10.0. The molecule has 0 aliphatic heterocycles. The topological polar surface area (TPSA) is 20.2 Å². The summed E-state index contributed by atoms with van der Waals surface area (Å²) in [4.78, 5) is 0. The lowest BCUT2D eigenvalue weighted by Crippen LogP contribution is -2.26. The zero-order chi connectivity index (χ0) is 13.2. The Hall–Kier alpha value is -1.74. The number of halogens is 2. The fourth-order valence-corrected chi connectivity index (χ4v) is 2.04. The third kappa shape index (κ3) is 2.14. The van der Waals surface area contributed by atoms with Crippen LogP contribution in [0, 0.1) is 11.6 Å². The van der Waals surface area contributed by atoms with Crippen molar-refractivity contribution in [1.29, 1.82) is 0 Å². The van der Waals surface area contributed by atoms with Crippen LogP contribution in [0.5, 0.6) is 0 Å². The average Bonchev–Trinajstić information content (AvgIpc) is 2.42. The van der Waals surface area contributed by atoms with E-state index in [1.54, 1.807) is 31.2 Å². The van der Waals surface area contributed by atoms with E-state index in [1.807, 2.05) is 6.07 Å². The lowest BCUT2D eigenvalue weighted by molar-refractivity contribution is 0.0760. The van der Waals surface area contributed by atoms with Crippen molar-refractivity contribution in [2.45, 2.75) is 18.9 Å². The smallest absolute Gasteiger partial charge is 0.159 e. The molecule has 0 bridgehead atoms. The Morgan fingerprint density at radius 3 is 2.17 bits per heavy atom. The first kappa shape index (κ1) is 12.7. The first-order valence-electron chi connectivity index (χ1n) is 5.81. The second-order valence-corrected chi connectivity index (χ2v) is 4.21. The Morgan fingerprint density at radius 1 is 0.944 bits per heavy atom. The van der Waals surface area contributed by atoms with E-state index >= 15 is 0 Å². The summed E-state index contributed by atoms with van der Waals surface area (Å²) in [7, 11) is 0. The van der Waals surface area contributed by atoms with Gasteiger partial charge in [-0.15, -0.1) is 0 Å². The molecule has 2 rings (SSSR count). The summed E-state index contributed by atoms with van der Waals surface area (Å²) >= 11 is 0. The Kier molecular flexibility index (Phi) is 3.43. The van der Waals surface area contributed by atoms with Gasteiger partial charge in [0.05, 0.1) is 0 Å². The summed E-state index contributed by atoms with van der Waals surface area (Å²) in [5, 5.41) is 10.7. The van der Waals surface area contributed by atoms with Crippen LogP contribution in [0.2, 0.25) is 0 Å². The van der Waals surface area contributed by atoms with E-state index in [4.69, 9.17) is 0 Å². The van der Waals surface area contributed by atoms with Crippen molar-refractivity contribution in [2.75, 3.05) is 0 Å². The molecule has 2 aromatic carbocycles. The first-order valence-corrected chi connectivity index (χ1v) is 5.81. The normalized spacial score (nSPS) is 14.2. The van der Waals surface area contributed by atoms with Crippen LogP contribution < -0.4 is 0 Å². The molecule has 0 fully saturated rings. The van der Waals surface area contributed by atoms with E-state index in [1.165, 1.54) is 6.07 Å². The second-order valence-electron chi connectivity index (χ2n) is 4.21. The second kappa shape index (κ2) is 4.86. The monoisotopic (exact) mass is 248 g/mol. The predicted molar refractivity (Wildman–Crippen MR) is 66.1 cm³/mol. The Balaban J connectivity index is 2.53. The molecule has 1 unspecified atom stereocenters. The van der Waals surface area contributed by atoms with E-state index in [9.17, 15) is 13.9 Å². The van der Waals surface area contributed by atoms with Gasteiger partial charge in [0.15, 0.2) is 11.6 Å². The molecule has 1 nitrogen and oxygen atoms in total. The molecule has 0 spiro atoms. The summed E-state index contributed by atoms with van der Waals surface area (Å²) in [6.07, 6.45) is 0.377. The molecule has 94 valence electrons. The van der Waals surface area contributed by atoms with Crippen molar-refractivity contribution in [1.82, 2.24) is 0 Å². The van der Waals surface area contributed by atoms with Crippen molar-refractivity contribution in [3.63, 3.8) is 0 Å². The molecular weight excluding hydrogens is 234 g/mol. The van der Waals surface area contributed by atoms with Gasteiger partial charge in [0.25, 0.3) is 0 Å². The quantitative estimate of drug-likeness (QED) is 0.879. The maximum absolute atomic E-state index is 13.3. The number of rotatable bonds is 3. The molecule has 18 heavy (non-hydrogen) atoms. The van der Waals surface area contributed by atoms with Gasteiger partial charge < -0.3 is 5.11 Å². The van der Waals surface area contributed by atoms with Gasteiger partial charge in [-0.1, -0.05) is 43.3 Å². The Morgan fingerprint density at radius 2 is 1.61 bits per heavy atom. The molecule has 0 saturated carbocycles. The Labute approximate surface area is 105 Å². The van der Waals surface area contributed by atoms with E-state index in [0.29, 0.717) is 17.5 Å². The molecule has 1 N–H and O–H groups in total. The minimum Gasteiger partial charge on any atom is -0.380 e. The highest BCUT2D eigenvalue weighted by Crippen LogP contribution is 2.33. The van der Waals surface area contributed by atoms with Crippen LogP contribution in [0.4, 0.5) is 8.78 Å². The van der Waals surface area contributed by atoms with Crippen LogP contribution in [0.1, 0.15) is 24.5 Å². The van der Waals surface area contributed by atoms with Crippen LogP contribution in [-0.4, -0.2) is 5.11 Å². The lowest BCUT2D eigenvalue weighted by Gasteiger charge is -2.28. The van der Waals surface area contributed by atoms with Gasteiger partial charge in [-0.05, 0) is 29.7 Å². The summed E-state index contributed by atoms with van der Waals surface area (Å²) in [6.45, 7) is 1.80. The van der Waals surface area contributed by atoms with Crippen LogP contribution in [0.25, 0.3) is 0 Å². The summed E-state index contributed by atoms with van der Waals surface area (Å²) in [5.41, 5.74) is -0.274. The van der Waals surface area contributed by atoms with Crippen molar-refractivity contribution < 1.29 is 13.9 Å². The lowest BCUT2D eigenvalue weighted by atomic mass is 9.84. The van der Waals surface area contributed by atoms with Gasteiger partial charge in [0.2, 0.25) is 0 Å². The Bertz CT molecular complexity index is 539. The summed E-state index contributed by atoms with van der Waals surface area (Å²) in [5.74, 6) is -1.86. The van der Waals surface area contributed by atoms with E-state index in [2.05, 4.69) is 0 Å². The SMILES string of the molecule is CCC(O)(c1ccccc1)c1ccc(F)c(F)c1. The molecule has 0 aliphatic rings. The van der Waals surface area contributed by atoms with Crippen LogP contribution in [0.3, 0.4) is 0 Å². The minimum absolute atomic E-state index is 0.357. The first-order chi connectivity index (χ1) is 8.58. The molecule has 2 aromatic rings. The maximum Gasteiger partial charge on any atom is 0.159 e. The van der Waals surface area contributed by atoms with Crippen molar-refractivity contribution >= 4 is 0 Å². The van der Waals surface area contributed by atoms with Gasteiger partial charge in [-0.2, -0.15) is 0 Å². The fraction of sp³-hybridized carbons (Fsp3) is 0.200. The van der Waals surface area contributed by atoms with Crippen molar-refractivity contribution in [2.24, 2.45) is 0 Å². The highest BCUT2D eigenvalue weighted by Gasteiger charge is 2.30.